The Balaban J connectivity index is 3.48. The van der Waals surface area contributed by atoms with Gasteiger partial charge >= 0.3 is 6.18 Å². The maximum absolute atomic E-state index is 12.5. The Labute approximate surface area is 94.5 Å². The van der Waals surface area contributed by atoms with Crippen LogP contribution >= 0.6 is 11.6 Å². The summed E-state index contributed by atoms with van der Waals surface area (Å²) in [5, 5.41) is -0.230. The lowest BCUT2D eigenvalue weighted by Gasteiger charge is -2.09. The fraction of sp³-hybridized carbons (Fsp3) is 0.286. The van der Waals surface area contributed by atoms with Crippen LogP contribution in [-0.4, -0.2) is 20.0 Å². The topological polar surface area (TPSA) is 62.5 Å². The minimum atomic E-state index is -4.73. The molecule has 0 saturated carbocycles. The van der Waals surface area contributed by atoms with E-state index in [9.17, 15) is 17.4 Å². The molecule has 0 amide bonds. The van der Waals surface area contributed by atoms with Crippen LogP contribution in [0.5, 0.6) is 0 Å². The van der Waals surface area contributed by atoms with Gasteiger partial charge in [-0.25, -0.2) is 9.19 Å². The molecule has 1 rings (SSSR count). The van der Waals surface area contributed by atoms with E-state index < -0.39 is 27.6 Å². The number of pyridine rings is 1. The quantitative estimate of drug-likeness (QED) is 0.856. The smallest absolute Gasteiger partial charge is 0.300 e. The highest BCUT2D eigenvalue weighted by Gasteiger charge is 2.35. The van der Waals surface area contributed by atoms with Crippen molar-refractivity contribution in [2.75, 3.05) is 6.26 Å². The first kappa shape index (κ1) is 13.2. The number of hydrogen-bond donors (Lipinski definition) is 1. The summed E-state index contributed by atoms with van der Waals surface area (Å²) in [4.78, 5) is 3.27. The number of hydrogen-bond acceptors (Lipinski definition) is 3. The molecule has 1 aromatic rings. The van der Waals surface area contributed by atoms with Crippen LogP contribution in [-0.2, 0) is 16.2 Å². The van der Waals surface area contributed by atoms with Crippen molar-refractivity contribution in [1.82, 2.24) is 4.98 Å². The first-order chi connectivity index (χ1) is 7.09. The second kappa shape index (κ2) is 4.19. The highest BCUT2D eigenvalue weighted by molar-refractivity contribution is 7.87. The third-order valence-corrected chi connectivity index (χ3v) is 2.11. The molecule has 0 aliphatic heterocycles. The van der Waals surface area contributed by atoms with Gasteiger partial charge < -0.3 is 4.55 Å². The Hall–Kier alpha value is -0.860. The molecule has 0 fully saturated rings. The third kappa shape index (κ3) is 3.62. The van der Waals surface area contributed by atoms with E-state index in [-0.39, 0.29) is 5.02 Å². The Bertz CT molecular complexity index is 515. The van der Waals surface area contributed by atoms with Crippen LogP contribution in [0.2, 0.25) is 5.02 Å². The van der Waals surface area contributed by atoms with Gasteiger partial charge in [-0.15, -0.1) is 0 Å². The van der Waals surface area contributed by atoms with E-state index in [0.29, 0.717) is 6.07 Å². The molecule has 1 unspecified atom stereocenters. The zero-order chi connectivity index (χ0) is 12.6. The summed E-state index contributed by atoms with van der Waals surface area (Å²) in [7, 11) is -3.70. The van der Waals surface area contributed by atoms with Crippen molar-refractivity contribution in [2.24, 2.45) is 4.36 Å². The maximum Gasteiger partial charge on any atom is 0.420 e. The summed E-state index contributed by atoms with van der Waals surface area (Å²) >= 11 is 5.36. The largest absolute Gasteiger partial charge is 0.420 e. The van der Waals surface area contributed by atoms with Crippen LogP contribution in [0, 0.1) is 0 Å². The molecule has 4 nitrogen and oxygen atoms in total. The molecule has 0 spiro atoms. The lowest BCUT2D eigenvalue weighted by Crippen LogP contribution is -2.07. The summed E-state index contributed by atoms with van der Waals surface area (Å²) in [6.45, 7) is 0. The minimum Gasteiger partial charge on any atom is -0.300 e. The van der Waals surface area contributed by atoms with Gasteiger partial charge in [-0.3, -0.25) is 0 Å². The van der Waals surface area contributed by atoms with Crippen molar-refractivity contribution in [3.05, 3.63) is 22.8 Å². The van der Waals surface area contributed by atoms with E-state index in [0.717, 1.165) is 12.5 Å². The van der Waals surface area contributed by atoms with Gasteiger partial charge in [0, 0.05) is 12.5 Å². The summed E-state index contributed by atoms with van der Waals surface area (Å²) in [5.74, 6) is -0.855. The average Bonchev–Trinajstić information content (AvgIpc) is 2.04. The van der Waals surface area contributed by atoms with Gasteiger partial charge in [-0.1, -0.05) is 11.6 Å². The van der Waals surface area contributed by atoms with E-state index in [1.165, 1.54) is 0 Å². The second-order valence-electron chi connectivity index (χ2n) is 2.88. The van der Waals surface area contributed by atoms with Crippen molar-refractivity contribution in [3.63, 3.8) is 0 Å². The van der Waals surface area contributed by atoms with Gasteiger partial charge in [0.05, 0.1) is 5.02 Å². The Morgan fingerprint density at radius 3 is 2.56 bits per heavy atom. The van der Waals surface area contributed by atoms with Crippen molar-refractivity contribution >= 4 is 27.4 Å². The molecule has 1 heterocycles. The van der Waals surface area contributed by atoms with Crippen molar-refractivity contribution in [1.29, 1.82) is 0 Å². The molecule has 9 heteroatoms. The summed E-state index contributed by atoms with van der Waals surface area (Å²) in [5.41, 5.74) is -1.25. The van der Waals surface area contributed by atoms with E-state index in [1.54, 1.807) is 0 Å². The molecule has 0 aliphatic rings. The zero-order valence-corrected chi connectivity index (χ0v) is 9.40. The fourth-order valence-electron chi connectivity index (χ4n) is 0.874. The van der Waals surface area contributed by atoms with Crippen LogP contribution in [0.4, 0.5) is 19.0 Å². The van der Waals surface area contributed by atoms with Gasteiger partial charge in [0.1, 0.15) is 5.56 Å². The molecule has 0 radical (unpaired) electrons. The Kier molecular flexibility index (Phi) is 3.46. The molecule has 0 aromatic carbocycles. The highest BCUT2D eigenvalue weighted by Crippen LogP contribution is 2.36. The standard InChI is InChI=1S/C7H6ClF3N2O2S/c1-16(14,15)13-6-5(7(9,10)11)2-4(8)3-12-6/h2-3H,1H3,(H,12,13,14,15). The lowest BCUT2D eigenvalue weighted by atomic mass is 10.2. The molecular weight excluding hydrogens is 269 g/mol. The SMILES string of the molecule is CS(=O)(O)=Nc1ncc(Cl)cc1C(F)(F)F. The number of nitrogens with zero attached hydrogens (tertiary/aromatic N) is 2. The minimum absolute atomic E-state index is 0.230. The van der Waals surface area contributed by atoms with Crippen molar-refractivity contribution in [3.8, 4) is 0 Å². The number of rotatable bonds is 1. The van der Waals surface area contributed by atoms with Gasteiger partial charge in [-0.05, 0) is 6.07 Å². The van der Waals surface area contributed by atoms with Crippen LogP contribution < -0.4 is 0 Å². The normalized spacial score (nSPS) is 15.6. The lowest BCUT2D eigenvalue weighted by molar-refractivity contribution is -0.137. The first-order valence-electron chi connectivity index (χ1n) is 3.77. The Morgan fingerprint density at radius 1 is 1.56 bits per heavy atom. The van der Waals surface area contributed by atoms with Gasteiger partial charge in [0.25, 0.3) is 0 Å². The monoisotopic (exact) mass is 274 g/mol. The molecule has 0 bridgehead atoms. The van der Waals surface area contributed by atoms with Gasteiger partial charge in [-0.2, -0.15) is 17.5 Å². The Morgan fingerprint density at radius 2 is 2.12 bits per heavy atom. The number of halogens is 4. The maximum atomic E-state index is 12.5. The second-order valence-corrected chi connectivity index (χ2v) is 5.02. The van der Waals surface area contributed by atoms with Gasteiger partial charge in [0.2, 0.25) is 0 Å². The van der Waals surface area contributed by atoms with Crippen LogP contribution in [0.25, 0.3) is 0 Å². The van der Waals surface area contributed by atoms with Crippen LogP contribution in [0.15, 0.2) is 16.6 Å². The molecule has 1 N–H and O–H groups in total. The van der Waals surface area contributed by atoms with Crippen LogP contribution in [0.1, 0.15) is 5.56 Å². The van der Waals surface area contributed by atoms with E-state index >= 15 is 0 Å². The molecule has 90 valence electrons. The first-order valence-corrected chi connectivity index (χ1v) is 6.03. The van der Waals surface area contributed by atoms with E-state index in [1.807, 2.05) is 0 Å². The van der Waals surface area contributed by atoms with E-state index in [2.05, 4.69) is 9.35 Å². The molecule has 0 saturated heterocycles. The third-order valence-electron chi connectivity index (χ3n) is 1.39. The average molecular weight is 275 g/mol. The fourth-order valence-corrected chi connectivity index (χ4v) is 1.50. The predicted molar refractivity (Wildman–Crippen MR) is 53.0 cm³/mol. The van der Waals surface area contributed by atoms with Gasteiger partial charge in [0.15, 0.2) is 15.8 Å². The number of alkyl halides is 3. The predicted octanol–water partition coefficient (Wildman–Crippen LogP) is 2.96. The molecule has 16 heavy (non-hydrogen) atoms. The summed E-state index contributed by atoms with van der Waals surface area (Å²) in [6, 6.07) is 0.596. The molecule has 1 aromatic heterocycles. The summed E-state index contributed by atoms with van der Waals surface area (Å²) in [6.07, 6.45) is -3.04. The number of aromatic nitrogens is 1. The summed E-state index contributed by atoms with van der Waals surface area (Å²) < 4.78 is 60.1. The molecular formula is C7H6ClF3N2O2S. The van der Waals surface area contributed by atoms with Crippen molar-refractivity contribution < 1.29 is 21.9 Å². The molecule has 0 aliphatic carbocycles. The van der Waals surface area contributed by atoms with Crippen LogP contribution in [0.3, 0.4) is 0 Å². The highest BCUT2D eigenvalue weighted by atomic mass is 35.5. The zero-order valence-electron chi connectivity index (χ0n) is 7.82. The van der Waals surface area contributed by atoms with E-state index in [4.69, 9.17) is 16.2 Å². The molecule has 1 atom stereocenters. The van der Waals surface area contributed by atoms with Crippen molar-refractivity contribution in [2.45, 2.75) is 6.18 Å².